The molecule has 10 nitrogen and oxygen atoms in total. The molecule has 0 radical (unpaired) electrons. The number of carbonyl (C=O) groups excluding carboxylic acids is 1. The van der Waals surface area contributed by atoms with Crippen molar-refractivity contribution >= 4 is 22.9 Å². The number of nitrogens with zero attached hydrogens (tertiary/aromatic N) is 6. The molecule has 6 rings (SSSR count). The highest BCUT2D eigenvalue weighted by molar-refractivity contribution is 5.79. The molecule has 5 heterocycles. The third kappa shape index (κ3) is 5.02. The van der Waals surface area contributed by atoms with Crippen LogP contribution in [0.25, 0.3) is 16.9 Å². The second-order valence-electron chi connectivity index (χ2n) is 9.87. The van der Waals surface area contributed by atoms with Crippen molar-refractivity contribution in [1.82, 2.24) is 24.4 Å². The molecule has 1 unspecified atom stereocenters. The molecule has 0 aliphatic carbocycles. The molecule has 38 heavy (non-hydrogen) atoms. The Balaban J connectivity index is 1.26. The molecule has 1 amide bonds. The van der Waals surface area contributed by atoms with Crippen molar-refractivity contribution in [2.75, 3.05) is 64.1 Å². The predicted octanol–water partition coefficient (Wildman–Crippen LogP) is 2.85. The number of likely N-dealkylation sites (tertiary alicyclic amines) is 1. The molecular formula is C26H30F2N6O4. The number of ether oxygens (including phenoxy) is 3. The molecule has 202 valence electrons. The van der Waals surface area contributed by atoms with Gasteiger partial charge >= 0.3 is 0 Å². The number of imidazole rings is 1. The Labute approximate surface area is 218 Å². The van der Waals surface area contributed by atoms with Crippen LogP contribution in [0.1, 0.15) is 25.1 Å². The summed E-state index contributed by atoms with van der Waals surface area (Å²) >= 11 is 0. The Morgan fingerprint density at radius 3 is 2.68 bits per heavy atom. The highest BCUT2D eigenvalue weighted by atomic mass is 19.3. The normalized spacial score (nSPS) is 22.1. The van der Waals surface area contributed by atoms with Gasteiger partial charge < -0.3 is 24.0 Å². The van der Waals surface area contributed by atoms with E-state index in [0.717, 1.165) is 12.8 Å². The minimum atomic E-state index is -2.79. The minimum Gasteiger partial charge on any atom is -0.477 e. The van der Waals surface area contributed by atoms with Gasteiger partial charge in [0.15, 0.2) is 5.82 Å². The Kier molecular flexibility index (Phi) is 7.07. The second-order valence-corrected chi connectivity index (χ2v) is 9.87. The molecule has 3 saturated heterocycles. The van der Waals surface area contributed by atoms with Gasteiger partial charge in [-0.25, -0.2) is 13.8 Å². The molecule has 3 aromatic rings. The maximum absolute atomic E-state index is 14.0. The topological polar surface area (TPSA) is 94.8 Å². The second kappa shape index (κ2) is 10.8. The van der Waals surface area contributed by atoms with E-state index in [2.05, 4.69) is 15.0 Å². The van der Waals surface area contributed by atoms with E-state index >= 15 is 0 Å². The van der Waals surface area contributed by atoms with Gasteiger partial charge in [-0.3, -0.25) is 9.36 Å². The maximum Gasteiger partial charge on any atom is 0.296 e. The van der Waals surface area contributed by atoms with Crippen LogP contribution in [-0.2, 0) is 14.3 Å². The molecule has 3 aliphatic rings. The Hall–Kier alpha value is -3.38. The van der Waals surface area contributed by atoms with Crippen LogP contribution in [0.4, 0.5) is 14.7 Å². The van der Waals surface area contributed by atoms with Gasteiger partial charge in [-0.1, -0.05) is 12.1 Å². The Bertz CT molecular complexity index is 1290. The summed E-state index contributed by atoms with van der Waals surface area (Å²) in [5.74, 6) is 0.818. The van der Waals surface area contributed by atoms with E-state index in [1.165, 1.54) is 4.57 Å². The van der Waals surface area contributed by atoms with E-state index in [4.69, 9.17) is 14.2 Å². The lowest BCUT2D eigenvalue weighted by atomic mass is 10.1. The number of halogens is 2. The first-order valence-electron chi connectivity index (χ1n) is 13.0. The summed E-state index contributed by atoms with van der Waals surface area (Å²) in [4.78, 5) is 30.0. The number of anilines is 1. The number of morpholine rings is 1. The van der Waals surface area contributed by atoms with Crippen molar-refractivity contribution in [3.05, 3.63) is 36.2 Å². The van der Waals surface area contributed by atoms with Gasteiger partial charge in [0, 0.05) is 44.8 Å². The molecule has 0 N–H and O–H groups in total. The molecule has 2 atom stereocenters. The summed E-state index contributed by atoms with van der Waals surface area (Å²) < 4.78 is 46.4. The van der Waals surface area contributed by atoms with E-state index in [1.54, 1.807) is 30.3 Å². The summed E-state index contributed by atoms with van der Waals surface area (Å²) in [5.41, 5.74) is 0.987. The average Bonchev–Trinajstić information content (AvgIpc) is 3.72. The number of aromatic nitrogens is 4. The van der Waals surface area contributed by atoms with Gasteiger partial charge in [0.2, 0.25) is 17.7 Å². The zero-order chi connectivity index (χ0) is 26.1. The van der Waals surface area contributed by atoms with Crippen molar-refractivity contribution in [2.24, 2.45) is 11.8 Å². The summed E-state index contributed by atoms with van der Waals surface area (Å²) in [5, 5.41) is 0. The molecule has 3 fully saturated rings. The van der Waals surface area contributed by atoms with Gasteiger partial charge in [0.05, 0.1) is 43.4 Å². The zero-order valence-corrected chi connectivity index (χ0v) is 21.0. The lowest BCUT2D eigenvalue weighted by Gasteiger charge is -2.27. The van der Waals surface area contributed by atoms with Crippen molar-refractivity contribution < 1.29 is 27.8 Å². The van der Waals surface area contributed by atoms with E-state index in [0.29, 0.717) is 82.1 Å². The predicted molar refractivity (Wildman–Crippen MR) is 134 cm³/mol. The molecule has 0 spiro atoms. The number of rotatable bonds is 7. The highest BCUT2D eigenvalue weighted by Gasteiger charge is 2.33. The Morgan fingerprint density at radius 1 is 1.05 bits per heavy atom. The van der Waals surface area contributed by atoms with Gasteiger partial charge in [0.1, 0.15) is 5.82 Å². The molecule has 12 heteroatoms. The fraction of sp³-hybridized carbons (Fsp3) is 0.538. The van der Waals surface area contributed by atoms with Crippen LogP contribution in [0.5, 0.6) is 5.88 Å². The first kappa shape index (κ1) is 24.9. The third-order valence-corrected chi connectivity index (χ3v) is 7.33. The number of fused-ring (bicyclic) bond motifs is 1. The third-order valence-electron chi connectivity index (χ3n) is 7.33. The van der Waals surface area contributed by atoms with Crippen molar-refractivity contribution in [3.8, 4) is 11.7 Å². The number of para-hydroxylation sites is 2. The van der Waals surface area contributed by atoms with Crippen LogP contribution in [0.2, 0.25) is 0 Å². The summed E-state index contributed by atoms with van der Waals surface area (Å²) in [6.07, 6.45) is -1.19. The monoisotopic (exact) mass is 528 g/mol. The van der Waals surface area contributed by atoms with E-state index in [1.807, 2.05) is 9.80 Å². The summed E-state index contributed by atoms with van der Waals surface area (Å²) in [6.45, 7) is 5.01. The minimum absolute atomic E-state index is 0.0517. The van der Waals surface area contributed by atoms with Crippen molar-refractivity contribution in [3.63, 3.8) is 0 Å². The smallest absolute Gasteiger partial charge is 0.296 e. The standard InChI is InChI=1S/C26H30F2N6O4/c27-23(28)24-29-19-3-1-2-4-20(19)34(24)21-13-22(31-26(30-21)32-8-11-36-12-9-32)38-15-17-5-7-33(14-17)25(35)18-6-10-37-16-18/h1-4,13,17-18,23H,5-12,14-16H2/t17-,18?/m0/s1. The number of benzene rings is 1. The molecule has 3 aliphatic heterocycles. The van der Waals surface area contributed by atoms with Gasteiger partial charge in [-0.15, -0.1) is 0 Å². The number of carbonyl (C=O) groups is 1. The van der Waals surface area contributed by atoms with Crippen molar-refractivity contribution in [1.29, 1.82) is 0 Å². The van der Waals surface area contributed by atoms with E-state index < -0.39 is 6.43 Å². The van der Waals surface area contributed by atoms with Gasteiger partial charge in [-0.2, -0.15) is 9.97 Å². The fourth-order valence-electron chi connectivity index (χ4n) is 5.29. The summed E-state index contributed by atoms with van der Waals surface area (Å²) in [6, 6.07) is 8.56. The highest BCUT2D eigenvalue weighted by Crippen LogP contribution is 2.30. The maximum atomic E-state index is 14.0. The lowest BCUT2D eigenvalue weighted by Crippen LogP contribution is -2.37. The molecule has 0 bridgehead atoms. The number of amides is 1. The number of hydrogen-bond donors (Lipinski definition) is 0. The van der Waals surface area contributed by atoms with Crippen LogP contribution in [0.3, 0.4) is 0 Å². The first-order valence-corrected chi connectivity index (χ1v) is 13.0. The van der Waals surface area contributed by atoms with Crippen LogP contribution in [-0.4, -0.2) is 89.5 Å². The van der Waals surface area contributed by atoms with Gasteiger partial charge in [0.25, 0.3) is 6.43 Å². The zero-order valence-electron chi connectivity index (χ0n) is 21.0. The van der Waals surface area contributed by atoms with Crippen LogP contribution >= 0.6 is 0 Å². The molecule has 2 aromatic heterocycles. The fourth-order valence-corrected chi connectivity index (χ4v) is 5.29. The molecule has 0 saturated carbocycles. The number of hydrogen-bond acceptors (Lipinski definition) is 8. The van der Waals surface area contributed by atoms with Crippen molar-refractivity contribution in [2.45, 2.75) is 19.3 Å². The largest absolute Gasteiger partial charge is 0.477 e. The first-order chi connectivity index (χ1) is 18.6. The molecular weight excluding hydrogens is 498 g/mol. The lowest BCUT2D eigenvalue weighted by molar-refractivity contribution is -0.134. The Morgan fingerprint density at radius 2 is 1.89 bits per heavy atom. The average molecular weight is 529 g/mol. The number of alkyl halides is 2. The van der Waals surface area contributed by atoms with E-state index in [9.17, 15) is 13.6 Å². The molecule has 1 aromatic carbocycles. The SMILES string of the molecule is O=C(C1CCOC1)N1CC[C@H](COc2cc(-n3c(C(F)F)nc4ccccc43)nc(N3CCOCC3)n2)C1. The van der Waals surface area contributed by atoms with Crippen LogP contribution in [0, 0.1) is 11.8 Å². The quantitative estimate of drug-likeness (QED) is 0.462. The van der Waals surface area contributed by atoms with Gasteiger partial charge in [-0.05, 0) is 25.0 Å². The van der Waals surface area contributed by atoms with Crippen LogP contribution in [0.15, 0.2) is 30.3 Å². The van der Waals surface area contributed by atoms with E-state index in [-0.39, 0.29) is 29.4 Å². The summed E-state index contributed by atoms with van der Waals surface area (Å²) in [7, 11) is 0. The van der Waals surface area contributed by atoms with Crippen LogP contribution < -0.4 is 9.64 Å².